The molecule has 0 saturated heterocycles. The van der Waals surface area contributed by atoms with Gasteiger partial charge in [0.15, 0.2) is 0 Å². The van der Waals surface area contributed by atoms with Crippen molar-refractivity contribution in [2.24, 2.45) is 17.6 Å². The largest absolute Gasteiger partial charge is 0.481 e. The number of carbonyl (C=O) groups excluding carboxylic acids is 3. The molecule has 5 atom stereocenters. The Morgan fingerprint density at radius 2 is 1.38 bits per heavy atom. The lowest BCUT2D eigenvalue weighted by Gasteiger charge is -2.27. The Morgan fingerprint density at radius 3 is 1.89 bits per heavy atom. The van der Waals surface area contributed by atoms with Crippen LogP contribution < -0.4 is 21.7 Å². The summed E-state index contributed by atoms with van der Waals surface area (Å²) < 4.78 is 0. The van der Waals surface area contributed by atoms with Gasteiger partial charge in [-0.1, -0.05) is 64.4 Å². The van der Waals surface area contributed by atoms with Crippen molar-refractivity contribution in [1.82, 2.24) is 16.0 Å². The van der Waals surface area contributed by atoms with Gasteiger partial charge in [-0.05, 0) is 30.2 Å². The molecule has 0 bridgehead atoms. The van der Waals surface area contributed by atoms with Crippen molar-refractivity contribution in [1.29, 1.82) is 0 Å². The number of carboxylic acids is 2. The van der Waals surface area contributed by atoms with Gasteiger partial charge in [0.05, 0.1) is 6.04 Å². The molecule has 11 nitrogen and oxygen atoms in total. The summed E-state index contributed by atoms with van der Waals surface area (Å²) in [6.45, 7) is 7.51. The Hall–Kier alpha value is -3.47. The molecule has 1 aromatic carbocycles. The van der Waals surface area contributed by atoms with Crippen LogP contribution in [0.5, 0.6) is 0 Å². The summed E-state index contributed by atoms with van der Waals surface area (Å²) >= 11 is 0. The second kappa shape index (κ2) is 15.6. The molecule has 1 aromatic rings. The zero-order chi connectivity index (χ0) is 28.1. The monoisotopic (exact) mass is 520 g/mol. The van der Waals surface area contributed by atoms with Crippen molar-refractivity contribution in [3.05, 3.63) is 35.9 Å². The maximum absolute atomic E-state index is 13.3. The fourth-order valence-corrected chi connectivity index (χ4v) is 3.61. The highest BCUT2D eigenvalue weighted by molar-refractivity contribution is 5.94. The van der Waals surface area contributed by atoms with Gasteiger partial charge in [-0.15, -0.1) is 0 Å². The van der Waals surface area contributed by atoms with Crippen LogP contribution in [0, 0.1) is 11.8 Å². The van der Waals surface area contributed by atoms with Crippen LogP contribution in [0.4, 0.5) is 0 Å². The number of hydrogen-bond acceptors (Lipinski definition) is 6. The minimum atomic E-state index is -1.45. The van der Waals surface area contributed by atoms with Crippen molar-refractivity contribution in [3.8, 4) is 0 Å². The molecule has 0 spiro atoms. The normalized spacial score (nSPS) is 15.1. The molecule has 0 heterocycles. The molecule has 0 aliphatic heterocycles. The average Bonchev–Trinajstić information content (AvgIpc) is 2.84. The van der Waals surface area contributed by atoms with Crippen LogP contribution in [-0.2, 0) is 30.4 Å². The molecule has 0 aliphatic rings. The van der Waals surface area contributed by atoms with E-state index in [2.05, 4.69) is 16.0 Å². The van der Waals surface area contributed by atoms with Gasteiger partial charge < -0.3 is 31.9 Å². The topological polar surface area (TPSA) is 188 Å². The highest BCUT2D eigenvalue weighted by Crippen LogP contribution is 2.11. The lowest BCUT2D eigenvalue weighted by molar-refractivity contribution is -0.143. The van der Waals surface area contributed by atoms with Gasteiger partial charge in [0, 0.05) is 12.8 Å². The van der Waals surface area contributed by atoms with Crippen molar-refractivity contribution in [2.75, 3.05) is 0 Å². The Labute approximate surface area is 217 Å². The first-order valence-electron chi connectivity index (χ1n) is 12.5. The fourth-order valence-electron chi connectivity index (χ4n) is 3.61. The third kappa shape index (κ3) is 11.4. The lowest BCUT2D eigenvalue weighted by Crippen LogP contribution is -2.58. The SMILES string of the molecule is CCC(C)C(N)C(=O)NC(CC(C)C)C(=O)NC(Cc1ccccc1)C(=O)NC(CCC(=O)O)C(=O)O. The molecule has 0 aliphatic carbocycles. The van der Waals surface area contributed by atoms with Crippen molar-refractivity contribution in [3.63, 3.8) is 0 Å². The molecule has 0 radical (unpaired) electrons. The molecule has 0 saturated carbocycles. The standard InChI is InChI=1S/C26H40N4O7/c1-5-16(4)22(27)25(35)30-19(13-15(2)3)23(33)29-20(14-17-9-7-6-8-10-17)24(34)28-18(26(36)37)11-12-21(31)32/h6-10,15-16,18-20,22H,5,11-14,27H2,1-4H3,(H,28,34)(H,29,33)(H,30,35)(H,31,32)(H,36,37). The number of carboxylic acid groups (broad SMARTS) is 2. The highest BCUT2D eigenvalue weighted by Gasteiger charge is 2.31. The number of amides is 3. The molecule has 0 fully saturated rings. The molecule has 1 rings (SSSR count). The van der Waals surface area contributed by atoms with E-state index >= 15 is 0 Å². The van der Waals surface area contributed by atoms with E-state index in [1.165, 1.54) is 0 Å². The first-order valence-corrected chi connectivity index (χ1v) is 12.5. The molecule has 11 heteroatoms. The van der Waals surface area contributed by atoms with E-state index in [0.717, 1.165) is 0 Å². The highest BCUT2D eigenvalue weighted by atomic mass is 16.4. The molecule has 7 N–H and O–H groups in total. The summed E-state index contributed by atoms with van der Waals surface area (Å²) in [4.78, 5) is 61.5. The number of carbonyl (C=O) groups is 5. The van der Waals surface area contributed by atoms with E-state index in [1.54, 1.807) is 30.3 Å². The van der Waals surface area contributed by atoms with E-state index in [1.807, 2.05) is 27.7 Å². The van der Waals surface area contributed by atoms with Gasteiger partial charge in [0.25, 0.3) is 0 Å². The predicted octanol–water partition coefficient (Wildman–Crippen LogP) is 1.05. The third-order valence-corrected chi connectivity index (χ3v) is 6.08. The Bertz CT molecular complexity index is 923. The molecule has 0 aromatic heterocycles. The van der Waals surface area contributed by atoms with Crippen molar-refractivity contribution < 1.29 is 34.2 Å². The van der Waals surface area contributed by atoms with Gasteiger partial charge >= 0.3 is 11.9 Å². The Balaban J connectivity index is 3.13. The van der Waals surface area contributed by atoms with E-state index < -0.39 is 60.2 Å². The summed E-state index contributed by atoms with van der Waals surface area (Å²) in [5, 5.41) is 26.0. The van der Waals surface area contributed by atoms with Crippen LogP contribution >= 0.6 is 0 Å². The first kappa shape index (κ1) is 31.6. The maximum atomic E-state index is 13.3. The number of aliphatic carboxylic acids is 2. The fraction of sp³-hybridized carbons (Fsp3) is 0.577. The van der Waals surface area contributed by atoms with Crippen LogP contribution in [0.3, 0.4) is 0 Å². The summed E-state index contributed by atoms with van der Waals surface area (Å²) in [6.07, 6.45) is 0.259. The van der Waals surface area contributed by atoms with E-state index in [9.17, 15) is 29.1 Å². The first-order chi connectivity index (χ1) is 17.3. The van der Waals surface area contributed by atoms with Gasteiger partial charge in [-0.25, -0.2) is 4.79 Å². The maximum Gasteiger partial charge on any atom is 0.326 e. The molecule has 3 amide bonds. The summed E-state index contributed by atoms with van der Waals surface area (Å²) in [7, 11) is 0. The number of hydrogen-bond donors (Lipinski definition) is 6. The summed E-state index contributed by atoms with van der Waals surface area (Å²) in [5.74, 6) is -4.50. The second-order valence-electron chi connectivity index (χ2n) is 9.68. The minimum Gasteiger partial charge on any atom is -0.481 e. The third-order valence-electron chi connectivity index (χ3n) is 6.08. The number of benzene rings is 1. The van der Waals surface area contributed by atoms with E-state index in [0.29, 0.717) is 18.4 Å². The lowest BCUT2D eigenvalue weighted by atomic mass is 9.97. The second-order valence-corrected chi connectivity index (χ2v) is 9.68. The van der Waals surface area contributed by atoms with Gasteiger partial charge in [0.2, 0.25) is 17.7 Å². The zero-order valence-electron chi connectivity index (χ0n) is 21.9. The summed E-state index contributed by atoms with van der Waals surface area (Å²) in [6, 6.07) is 4.44. The molecular formula is C26H40N4O7. The summed E-state index contributed by atoms with van der Waals surface area (Å²) in [5.41, 5.74) is 6.74. The van der Waals surface area contributed by atoms with Crippen LogP contribution in [0.15, 0.2) is 30.3 Å². The van der Waals surface area contributed by atoms with Crippen LogP contribution in [0.1, 0.15) is 58.9 Å². The van der Waals surface area contributed by atoms with Crippen molar-refractivity contribution >= 4 is 29.7 Å². The van der Waals surface area contributed by atoms with E-state index in [-0.39, 0.29) is 24.7 Å². The zero-order valence-corrected chi connectivity index (χ0v) is 21.9. The number of nitrogens with one attached hydrogen (secondary N) is 3. The molecular weight excluding hydrogens is 480 g/mol. The van der Waals surface area contributed by atoms with Crippen LogP contribution in [0.25, 0.3) is 0 Å². The number of nitrogens with two attached hydrogens (primary N) is 1. The number of rotatable bonds is 16. The smallest absolute Gasteiger partial charge is 0.326 e. The molecule has 5 unspecified atom stereocenters. The van der Waals surface area contributed by atoms with Crippen LogP contribution in [-0.4, -0.2) is 64.0 Å². The molecule has 37 heavy (non-hydrogen) atoms. The van der Waals surface area contributed by atoms with Crippen LogP contribution in [0.2, 0.25) is 0 Å². The Morgan fingerprint density at radius 1 is 0.838 bits per heavy atom. The Kier molecular flexibility index (Phi) is 13.3. The van der Waals surface area contributed by atoms with Gasteiger partial charge in [0.1, 0.15) is 18.1 Å². The minimum absolute atomic E-state index is 0.0321. The van der Waals surface area contributed by atoms with Gasteiger partial charge in [-0.3, -0.25) is 19.2 Å². The quantitative estimate of drug-likeness (QED) is 0.186. The van der Waals surface area contributed by atoms with E-state index in [4.69, 9.17) is 10.8 Å². The predicted molar refractivity (Wildman–Crippen MR) is 137 cm³/mol. The average molecular weight is 521 g/mol. The van der Waals surface area contributed by atoms with Gasteiger partial charge in [-0.2, -0.15) is 0 Å². The van der Waals surface area contributed by atoms with Crippen molar-refractivity contribution in [2.45, 2.75) is 84.0 Å². The molecule has 206 valence electrons.